The van der Waals surface area contributed by atoms with Crippen LogP contribution in [-0.4, -0.2) is 12.1 Å². The third kappa shape index (κ3) is 2.60. The summed E-state index contributed by atoms with van der Waals surface area (Å²) < 4.78 is 0. The lowest BCUT2D eigenvalue weighted by atomic mass is 9.71. The number of benzene rings is 1. The quantitative estimate of drug-likeness (QED) is 0.653. The highest BCUT2D eigenvalue weighted by Crippen LogP contribution is 2.52. The van der Waals surface area contributed by atoms with Crippen LogP contribution in [0.3, 0.4) is 0 Å². The van der Waals surface area contributed by atoms with Crippen molar-refractivity contribution in [3.8, 4) is 0 Å². The Bertz CT molecular complexity index is 512. The third-order valence-corrected chi connectivity index (χ3v) is 5.85. The van der Waals surface area contributed by atoms with Crippen molar-refractivity contribution in [1.82, 2.24) is 0 Å². The minimum Gasteiger partial charge on any atom is -0.365 e. The normalized spacial score (nSPS) is 23.8. The van der Waals surface area contributed by atoms with Crippen LogP contribution in [0.5, 0.6) is 0 Å². The molecule has 1 heteroatoms. The first-order valence-electron chi connectivity index (χ1n) is 8.69. The topological polar surface area (TPSA) is 3.24 Å². The number of hydrogen-bond donors (Lipinski definition) is 0. The van der Waals surface area contributed by atoms with Gasteiger partial charge < -0.3 is 4.90 Å². The van der Waals surface area contributed by atoms with Gasteiger partial charge in [0.2, 0.25) is 0 Å². The predicted octanol–water partition coefficient (Wildman–Crippen LogP) is 5.55. The van der Waals surface area contributed by atoms with Crippen molar-refractivity contribution in [2.75, 3.05) is 11.4 Å². The molecule has 1 spiro atoms. The average molecular weight is 285 g/mol. The molecule has 21 heavy (non-hydrogen) atoms. The van der Waals surface area contributed by atoms with E-state index in [1.165, 1.54) is 67.4 Å². The first kappa shape index (κ1) is 14.9. The molecule has 0 unspecified atom stereocenters. The van der Waals surface area contributed by atoms with Crippen molar-refractivity contribution in [2.45, 2.75) is 78.7 Å². The van der Waals surface area contributed by atoms with Gasteiger partial charge in [-0.2, -0.15) is 0 Å². The van der Waals surface area contributed by atoms with Crippen LogP contribution in [0.4, 0.5) is 5.69 Å². The minimum atomic E-state index is 0.294. The van der Waals surface area contributed by atoms with Crippen molar-refractivity contribution in [1.29, 1.82) is 0 Å². The first-order valence-corrected chi connectivity index (χ1v) is 8.69. The summed E-state index contributed by atoms with van der Waals surface area (Å²) in [6.07, 6.45) is 8.58. The Hall–Kier alpha value is -0.980. The Labute approximate surface area is 130 Å². The molecule has 0 bridgehead atoms. The van der Waals surface area contributed by atoms with E-state index >= 15 is 0 Å². The predicted molar refractivity (Wildman–Crippen MR) is 92.2 cm³/mol. The summed E-state index contributed by atoms with van der Waals surface area (Å²) in [6.45, 7) is 13.0. The van der Waals surface area contributed by atoms with E-state index in [0.29, 0.717) is 11.0 Å². The summed E-state index contributed by atoms with van der Waals surface area (Å²) in [6, 6.07) is 4.70. The molecule has 2 aliphatic rings. The maximum absolute atomic E-state index is 2.74. The van der Waals surface area contributed by atoms with Gasteiger partial charge in [-0.25, -0.2) is 0 Å². The number of nitrogens with zero attached hydrogens (tertiary/aromatic N) is 1. The van der Waals surface area contributed by atoms with Gasteiger partial charge in [-0.3, -0.25) is 0 Å². The summed E-state index contributed by atoms with van der Waals surface area (Å²) in [7, 11) is 0. The zero-order valence-electron chi connectivity index (χ0n) is 14.6. The third-order valence-electron chi connectivity index (χ3n) is 5.85. The second kappa shape index (κ2) is 5.04. The lowest BCUT2D eigenvalue weighted by molar-refractivity contribution is 0.204. The van der Waals surface area contributed by atoms with Crippen LogP contribution < -0.4 is 4.90 Å². The Kier molecular flexibility index (Phi) is 3.58. The van der Waals surface area contributed by atoms with Gasteiger partial charge in [0.15, 0.2) is 0 Å². The van der Waals surface area contributed by atoms with Crippen molar-refractivity contribution < 1.29 is 0 Å². The van der Waals surface area contributed by atoms with E-state index in [-0.39, 0.29) is 0 Å². The molecular weight excluding hydrogens is 254 g/mol. The molecule has 1 heterocycles. The molecule has 116 valence electrons. The van der Waals surface area contributed by atoms with Gasteiger partial charge in [-0.1, -0.05) is 37.0 Å². The SMILES string of the molecule is Cc1cc(C)c(N2CC3(CCCCC3)CC2(C)C)c(C)c1. The molecule has 2 fully saturated rings. The molecule has 0 radical (unpaired) electrons. The van der Waals surface area contributed by atoms with E-state index < -0.39 is 0 Å². The maximum atomic E-state index is 2.74. The van der Waals surface area contributed by atoms with Crippen LogP contribution in [0.2, 0.25) is 0 Å². The van der Waals surface area contributed by atoms with E-state index in [2.05, 4.69) is 51.7 Å². The van der Waals surface area contributed by atoms with Crippen LogP contribution in [0, 0.1) is 26.2 Å². The van der Waals surface area contributed by atoms with Crippen LogP contribution in [-0.2, 0) is 0 Å². The maximum Gasteiger partial charge on any atom is 0.0430 e. The molecule has 1 aliphatic heterocycles. The van der Waals surface area contributed by atoms with E-state index in [1.807, 2.05) is 0 Å². The van der Waals surface area contributed by atoms with Gasteiger partial charge in [0.1, 0.15) is 0 Å². The monoisotopic (exact) mass is 285 g/mol. The average Bonchev–Trinajstić information content (AvgIpc) is 2.60. The fourth-order valence-electron chi connectivity index (χ4n) is 5.24. The van der Waals surface area contributed by atoms with Crippen LogP contribution >= 0.6 is 0 Å². The van der Waals surface area contributed by atoms with Crippen LogP contribution in [0.15, 0.2) is 12.1 Å². The summed E-state index contributed by atoms with van der Waals surface area (Å²) in [5.74, 6) is 0. The summed E-state index contributed by atoms with van der Waals surface area (Å²) >= 11 is 0. The van der Waals surface area contributed by atoms with Crippen molar-refractivity contribution in [3.05, 3.63) is 28.8 Å². The van der Waals surface area contributed by atoms with Crippen LogP contribution in [0.1, 0.15) is 69.1 Å². The van der Waals surface area contributed by atoms with Gasteiger partial charge >= 0.3 is 0 Å². The van der Waals surface area contributed by atoms with Gasteiger partial charge in [0.25, 0.3) is 0 Å². The Morgan fingerprint density at radius 1 is 0.905 bits per heavy atom. The van der Waals surface area contributed by atoms with E-state index in [9.17, 15) is 0 Å². The molecule has 0 aromatic heterocycles. The Morgan fingerprint density at radius 3 is 2.05 bits per heavy atom. The highest BCUT2D eigenvalue weighted by Gasteiger charge is 2.48. The Balaban J connectivity index is 1.98. The number of anilines is 1. The second-order valence-corrected chi connectivity index (χ2v) is 8.38. The number of hydrogen-bond acceptors (Lipinski definition) is 1. The van der Waals surface area contributed by atoms with E-state index in [4.69, 9.17) is 0 Å². The molecule has 1 aliphatic carbocycles. The first-order chi connectivity index (χ1) is 9.83. The van der Waals surface area contributed by atoms with Crippen molar-refractivity contribution >= 4 is 5.69 Å². The molecule has 1 aromatic rings. The van der Waals surface area contributed by atoms with Crippen molar-refractivity contribution in [3.63, 3.8) is 0 Å². The molecular formula is C20H31N. The highest BCUT2D eigenvalue weighted by molar-refractivity contribution is 5.62. The van der Waals surface area contributed by atoms with Gasteiger partial charge in [0.05, 0.1) is 0 Å². The Morgan fingerprint density at radius 2 is 1.48 bits per heavy atom. The van der Waals surface area contributed by atoms with Gasteiger partial charge in [-0.15, -0.1) is 0 Å². The second-order valence-electron chi connectivity index (χ2n) is 8.38. The molecule has 0 N–H and O–H groups in total. The van der Waals surface area contributed by atoms with Gasteiger partial charge in [-0.05, 0) is 70.4 Å². The lowest BCUT2D eigenvalue weighted by Gasteiger charge is -2.36. The van der Waals surface area contributed by atoms with Crippen LogP contribution in [0.25, 0.3) is 0 Å². The summed E-state index contributed by atoms with van der Waals surface area (Å²) in [5, 5.41) is 0. The molecule has 1 aromatic carbocycles. The summed E-state index contributed by atoms with van der Waals surface area (Å²) in [4.78, 5) is 2.74. The fraction of sp³-hybridized carbons (Fsp3) is 0.700. The zero-order chi connectivity index (χ0) is 15.3. The standard InChI is InChI=1S/C20H31N/c1-15-11-16(2)18(17(3)12-15)21-14-20(13-19(21,4)5)9-7-6-8-10-20/h11-12H,6-10,13-14H2,1-5H3. The smallest absolute Gasteiger partial charge is 0.0430 e. The van der Waals surface area contributed by atoms with Crippen molar-refractivity contribution in [2.24, 2.45) is 5.41 Å². The molecule has 3 rings (SSSR count). The van der Waals surface area contributed by atoms with E-state index in [1.54, 1.807) is 0 Å². The molecule has 0 amide bonds. The lowest BCUT2D eigenvalue weighted by Crippen LogP contribution is -2.39. The van der Waals surface area contributed by atoms with E-state index in [0.717, 1.165) is 0 Å². The molecule has 0 atom stereocenters. The molecule has 1 saturated heterocycles. The minimum absolute atomic E-state index is 0.294. The highest BCUT2D eigenvalue weighted by atomic mass is 15.2. The summed E-state index contributed by atoms with van der Waals surface area (Å²) in [5.41, 5.74) is 6.68. The molecule has 1 nitrogen and oxygen atoms in total. The number of aryl methyl sites for hydroxylation is 3. The molecule has 1 saturated carbocycles. The van der Waals surface area contributed by atoms with Gasteiger partial charge in [0, 0.05) is 17.8 Å². The fourth-order valence-corrected chi connectivity index (χ4v) is 5.24. The largest absolute Gasteiger partial charge is 0.365 e. The number of rotatable bonds is 1. The zero-order valence-corrected chi connectivity index (χ0v) is 14.6.